The van der Waals surface area contributed by atoms with Crippen LogP contribution in [0.3, 0.4) is 0 Å². The molecule has 0 radical (unpaired) electrons. The molecule has 9 heteroatoms. The Morgan fingerprint density at radius 2 is 1.75 bits per heavy atom. The summed E-state index contributed by atoms with van der Waals surface area (Å²) in [4.78, 5) is 30.5. The van der Waals surface area contributed by atoms with Gasteiger partial charge in [0, 0.05) is 21.3 Å². The maximum Gasteiger partial charge on any atom is 0.325 e. The minimum absolute atomic E-state index is 0.267. The number of anilines is 3. The standard InChI is InChI=1S/C19H17ClN4O2S2/c1-11-16(17(25)22-14-7-4-8-15(10-14)27-2)28-19(21-11)24-18(26)23-13-6-3-5-12(20)9-13/h3-10H,1-2H3,(H,22,25)(H2,21,23,24,26). The molecule has 28 heavy (non-hydrogen) atoms. The summed E-state index contributed by atoms with van der Waals surface area (Å²) in [5.41, 5.74) is 1.81. The van der Waals surface area contributed by atoms with E-state index in [1.807, 2.05) is 30.5 Å². The summed E-state index contributed by atoms with van der Waals surface area (Å²) in [7, 11) is 0. The number of carbonyl (C=O) groups excluding carboxylic acids is 2. The largest absolute Gasteiger partial charge is 0.325 e. The van der Waals surface area contributed by atoms with Crippen molar-refractivity contribution >= 4 is 63.1 Å². The van der Waals surface area contributed by atoms with Gasteiger partial charge in [-0.15, -0.1) is 11.8 Å². The van der Waals surface area contributed by atoms with Crippen molar-refractivity contribution in [3.8, 4) is 0 Å². The fraction of sp³-hybridized carbons (Fsp3) is 0.105. The fourth-order valence-corrected chi connectivity index (χ4v) is 3.88. The summed E-state index contributed by atoms with van der Waals surface area (Å²) in [5.74, 6) is -0.267. The van der Waals surface area contributed by atoms with Gasteiger partial charge in [-0.05, 0) is 49.6 Å². The van der Waals surface area contributed by atoms with Crippen LogP contribution in [0.5, 0.6) is 0 Å². The molecule has 3 amide bonds. The number of thioether (sulfide) groups is 1. The number of nitrogens with zero attached hydrogens (tertiary/aromatic N) is 1. The predicted molar refractivity (Wildman–Crippen MR) is 117 cm³/mol. The molecule has 0 saturated heterocycles. The molecule has 1 heterocycles. The van der Waals surface area contributed by atoms with Crippen molar-refractivity contribution in [1.82, 2.24) is 4.98 Å². The van der Waals surface area contributed by atoms with Gasteiger partial charge in [-0.3, -0.25) is 10.1 Å². The molecule has 0 aliphatic heterocycles. The summed E-state index contributed by atoms with van der Waals surface area (Å²) in [6, 6.07) is 13.9. The summed E-state index contributed by atoms with van der Waals surface area (Å²) < 4.78 is 0. The van der Waals surface area contributed by atoms with E-state index in [0.29, 0.717) is 32.1 Å². The van der Waals surface area contributed by atoms with Gasteiger partial charge in [0.25, 0.3) is 5.91 Å². The number of aryl methyl sites for hydroxylation is 1. The van der Waals surface area contributed by atoms with Crippen molar-refractivity contribution in [2.45, 2.75) is 11.8 Å². The number of benzene rings is 2. The molecule has 144 valence electrons. The lowest BCUT2D eigenvalue weighted by Gasteiger charge is -2.06. The highest BCUT2D eigenvalue weighted by atomic mass is 35.5. The zero-order valence-corrected chi connectivity index (χ0v) is 17.5. The Balaban J connectivity index is 1.66. The SMILES string of the molecule is CSc1cccc(NC(=O)c2sc(NC(=O)Nc3cccc(Cl)c3)nc2C)c1. The highest BCUT2D eigenvalue weighted by Gasteiger charge is 2.17. The molecule has 1 aromatic heterocycles. The zero-order valence-electron chi connectivity index (χ0n) is 15.1. The maximum atomic E-state index is 12.6. The first-order valence-electron chi connectivity index (χ1n) is 8.21. The third-order valence-electron chi connectivity index (χ3n) is 3.63. The first-order chi connectivity index (χ1) is 13.4. The molecule has 6 nitrogen and oxygen atoms in total. The Morgan fingerprint density at radius 3 is 2.46 bits per heavy atom. The molecule has 3 N–H and O–H groups in total. The minimum Gasteiger partial charge on any atom is -0.321 e. The van der Waals surface area contributed by atoms with Gasteiger partial charge in [0.2, 0.25) is 0 Å². The number of thiazole rings is 1. The Labute approximate surface area is 175 Å². The number of urea groups is 1. The second-order valence-corrected chi connectivity index (χ2v) is 8.02. The predicted octanol–water partition coefficient (Wildman–Crippen LogP) is 5.72. The summed E-state index contributed by atoms with van der Waals surface area (Å²) in [5, 5.41) is 9.03. The third kappa shape index (κ3) is 5.25. The van der Waals surface area contributed by atoms with Crippen molar-refractivity contribution in [3.63, 3.8) is 0 Å². The lowest BCUT2D eigenvalue weighted by Crippen LogP contribution is -2.19. The van der Waals surface area contributed by atoms with E-state index in [0.717, 1.165) is 16.2 Å². The van der Waals surface area contributed by atoms with Gasteiger partial charge in [0.1, 0.15) is 4.88 Å². The van der Waals surface area contributed by atoms with Gasteiger partial charge in [0.15, 0.2) is 5.13 Å². The van der Waals surface area contributed by atoms with Crippen molar-refractivity contribution in [2.24, 2.45) is 0 Å². The van der Waals surface area contributed by atoms with Crippen molar-refractivity contribution in [3.05, 3.63) is 64.1 Å². The van der Waals surface area contributed by atoms with E-state index in [9.17, 15) is 9.59 Å². The molecule has 0 aliphatic carbocycles. The molecular formula is C19H17ClN4O2S2. The average Bonchev–Trinajstić information content (AvgIpc) is 3.02. The minimum atomic E-state index is -0.462. The van der Waals surface area contributed by atoms with Gasteiger partial charge in [-0.25, -0.2) is 9.78 Å². The number of rotatable bonds is 5. The van der Waals surface area contributed by atoms with E-state index in [2.05, 4.69) is 20.9 Å². The van der Waals surface area contributed by atoms with E-state index in [-0.39, 0.29) is 5.91 Å². The van der Waals surface area contributed by atoms with E-state index in [1.54, 1.807) is 43.0 Å². The Bertz CT molecular complexity index is 1020. The van der Waals surface area contributed by atoms with E-state index >= 15 is 0 Å². The van der Waals surface area contributed by atoms with Crippen LogP contribution >= 0.6 is 34.7 Å². The molecule has 3 rings (SSSR count). The molecule has 0 unspecified atom stereocenters. The molecule has 0 atom stereocenters. The normalized spacial score (nSPS) is 10.4. The molecule has 0 saturated carbocycles. The number of halogens is 1. The second kappa shape index (κ2) is 9.09. The fourth-order valence-electron chi connectivity index (χ4n) is 2.37. The second-order valence-electron chi connectivity index (χ2n) is 5.71. The summed E-state index contributed by atoms with van der Waals surface area (Å²) in [6.07, 6.45) is 1.97. The van der Waals surface area contributed by atoms with Crippen molar-refractivity contribution in [1.29, 1.82) is 0 Å². The van der Waals surface area contributed by atoms with Crippen molar-refractivity contribution in [2.75, 3.05) is 22.2 Å². The monoisotopic (exact) mass is 432 g/mol. The third-order valence-corrected chi connectivity index (χ3v) is 5.67. The zero-order chi connectivity index (χ0) is 20.1. The highest BCUT2D eigenvalue weighted by molar-refractivity contribution is 7.98. The highest BCUT2D eigenvalue weighted by Crippen LogP contribution is 2.25. The average molecular weight is 433 g/mol. The summed E-state index contributed by atoms with van der Waals surface area (Å²) in [6.45, 7) is 1.73. The first kappa shape index (κ1) is 20.2. The molecule has 2 aromatic carbocycles. The van der Waals surface area contributed by atoms with Crippen molar-refractivity contribution < 1.29 is 9.59 Å². The van der Waals surface area contributed by atoms with E-state index < -0.39 is 6.03 Å². The van der Waals surface area contributed by atoms with Gasteiger partial charge in [0.05, 0.1) is 5.69 Å². The van der Waals surface area contributed by atoms with Gasteiger partial charge in [-0.2, -0.15) is 0 Å². The number of aromatic nitrogens is 1. The number of hydrogen-bond donors (Lipinski definition) is 3. The number of hydrogen-bond acceptors (Lipinski definition) is 5. The van der Waals surface area contributed by atoms with E-state index in [1.165, 1.54) is 0 Å². The Hall–Kier alpha value is -2.55. The van der Waals surface area contributed by atoms with Crippen LogP contribution in [0.2, 0.25) is 5.02 Å². The number of carbonyl (C=O) groups is 2. The van der Waals surface area contributed by atoms with Gasteiger partial charge in [-0.1, -0.05) is 35.1 Å². The molecule has 3 aromatic rings. The van der Waals surface area contributed by atoms with Crippen LogP contribution in [0.1, 0.15) is 15.4 Å². The molecule has 0 bridgehead atoms. The molecule has 0 fully saturated rings. The lowest BCUT2D eigenvalue weighted by atomic mass is 10.3. The van der Waals surface area contributed by atoms with Crippen LogP contribution in [0.4, 0.5) is 21.3 Å². The van der Waals surface area contributed by atoms with Gasteiger partial charge < -0.3 is 10.6 Å². The van der Waals surface area contributed by atoms with Crippen LogP contribution in [-0.4, -0.2) is 23.2 Å². The summed E-state index contributed by atoms with van der Waals surface area (Å²) >= 11 is 8.62. The van der Waals surface area contributed by atoms with Gasteiger partial charge >= 0.3 is 6.03 Å². The van der Waals surface area contributed by atoms with Crippen LogP contribution < -0.4 is 16.0 Å². The number of amides is 3. The smallest absolute Gasteiger partial charge is 0.321 e. The van der Waals surface area contributed by atoms with Crippen LogP contribution in [0.15, 0.2) is 53.4 Å². The topological polar surface area (TPSA) is 83.1 Å². The van der Waals surface area contributed by atoms with Crippen LogP contribution in [-0.2, 0) is 0 Å². The quantitative estimate of drug-likeness (QED) is 0.450. The van der Waals surface area contributed by atoms with E-state index in [4.69, 9.17) is 11.6 Å². The number of nitrogens with one attached hydrogen (secondary N) is 3. The molecule has 0 spiro atoms. The maximum absolute atomic E-state index is 12.6. The van der Waals surface area contributed by atoms with Crippen LogP contribution in [0.25, 0.3) is 0 Å². The molecular weight excluding hydrogens is 416 g/mol. The van der Waals surface area contributed by atoms with Crippen LogP contribution in [0, 0.1) is 6.92 Å². The lowest BCUT2D eigenvalue weighted by molar-refractivity contribution is 0.102. The molecule has 0 aliphatic rings. The first-order valence-corrected chi connectivity index (χ1v) is 10.6. The Morgan fingerprint density at radius 1 is 1.04 bits per heavy atom. The Kier molecular flexibility index (Phi) is 6.56.